The standard InChI is InChI=1S/C24H29NO4/c25-15-6-5-8-17(24(27)28)9-7-14-23(26)29-16-22-20-12-3-1-10-18(20)19-11-2-4-13-21(19)22/h1-4,10-13,17,22H,5-9,14-16,25H2,(H,27,28). The molecule has 2 aromatic rings. The number of ether oxygens (including phenoxy) is 1. The van der Waals surface area contributed by atoms with Gasteiger partial charge < -0.3 is 15.6 Å². The lowest BCUT2D eigenvalue weighted by Crippen LogP contribution is -2.16. The van der Waals surface area contributed by atoms with Crippen LogP contribution in [0.25, 0.3) is 11.1 Å². The van der Waals surface area contributed by atoms with Crippen molar-refractivity contribution >= 4 is 11.9 Å². The molecule has 0 spiro atoms. The molecule has 0 aliphatic heterocycles. The van der Waals surface area contributed by atoms with Gasteiger partial charge in [0.2, 0.25) is 0 Å². The number of esters is 1. The van der Waals surface area contributed by atoms with Gasteiger partial charge in [-0.15, -0.1) is 0 Å². The van der Waals surface area contributed by atoms with Crippen LogP contribution in [-0.2, 0) is 14.3 Å². The smallest absolute Gasteiger partial charge is 0.306 e. The number of rotatable bonds is 11. The lowest BCUT2D eigenvalue weighted by atomic mass is 9.96. The number of carboxylic acid groups (broad SMARTS) is 1. The number of carbonyl (C=O) groups excluding carboxylic acids is 1. The monoisotopic (exact) mass is 395 g/mol. The Morgan fingerprint density at radius 3 is 2.10 bits per heavy atom. The molecule has 2 aromatic carbocycles. The van der Waals surface area contributed by atoms with E-state index in [0.29, 0.717) is 32.4 Å². The van der Waals surface area contributed by atoms with Gasteiger partial charge in [0.05, 0.1) is 5.92 Å². The molecule has 0 fully saturated rings. The van der Waals surface area contributed by atoms with Gasteiger partial charge in [-0.2, -0.15) is 0 Å². The van der Waals surface area contributed by atoms with E-state index in [0.717, 1.165) is 12.8 Å². The molecule has 1 unspecified atom stereocenters. The second-order valence-electron chi connectivity index (χ2n) is 7.62. The van der Waals surface area contributed by atoms with Crippen molar-refractivity contribution in [2.24, 2.45) is 11.7 Å². The average Bonchev–Trinajstić information content (AvgIpc) is 3.05. The van der Waals surface area contributed by atoms with Crippen molar-refractivity contribution in [3.63, 3.8) is 0 Å². The van der Waals surface area contributed by atoms with E-state index >= 15 is 0 Å². The van der Waals surface area contributed by atoms with Crippen LogP contribution >= 0.6 is 0 Å². The number of hydrogen-bond donors (Lipinski definition) is 2. The number of hydrogen-bond acceptors (Lipinski definition) is 4. The number of carbonyl (C=O) groups is 2. The molecule has 1 atom stereocenters. The number of fused-ring (bicyclic) bond motifs is 3. The van der Waals surface area contributed by atoms with Gasteiger partial charge in [0.15, 0.2) is 0 Å². The van der Waals surface area contributed by atoms with Crippen molar-refractivity contribution in [1.29, 1.82) is 0 Å². The Morgan fingerprint density at radius 2 is 1.52 bits per heavy atom. The van der Waals surface area contributed by atoms with E-state index in [1.165, 1.54) is 22.3 Å². The van der Waals surface area contributed by atoms with Gasteiger partial charge in [0.25, 0.3) is 0 Å². The molecule has 0 bridgehead atoms. The van der Waals surface area contributed by atoms with Crippen molar-refractivity contribution in [2.75, 3.05) is 13.2 Å². The summed E-state index contributed by atoms with van der Waals surface area (Å²) in [6, 6.07) is 16.5. The number of carboxylic acids is 1. The van der Waals surface area contributed by atoms with Gasteiger partial charge in [-0.25, -0.2) is 0 Å². The van der Waals surface area contributed by atoms with Crippen LogP contribution in [0, 0.1) is 5.92 Å². The highest BCUT2D eigenvalue weighted by molar-refractivity contribution is 5.79. The van der Waals surface area contributed by atoms with Gasteiger partial charge in [0.1, 0.15) is 6.61 Å². The second-order valence-corrected chi connectivity index (χ2v) is 7.62. The summed E-state index contributed by atoms with van der Waals surface area (Å²) in [7, 11) is 0. The molecule has 1 aliphatic carbocycles. The summed E-state index contributed by atoms with van der Waals surface area (Å²) in [5, 5.41) is 9.32. The Balaban J connectivity index is 1.50. The largest absolute Gasteiger partial charge is 0.481 e. The molecule has 0 saturated heterocycles. The van der Waals surface area contributed by atoms with E-state index in [2.05, 4.69) is 24.3 Å². The van der Waals surface area contributed by atoms with Crippen LogP contribution in [0.3, 0.4) is 0 Å². The molecule has 0 aromatic heterocycles. The summed E-state index contributed by atoms with van der Waals surface area (Å²) in [6.07, 6.45) is 3.50. The highest BCUT2D eigenvalue weighted by atomic mass is 16.5. The predicted molar refractivity (Wildman–Crippen MR) is 113 cm³/mol. The van der Waals surface area contributed by atoms with Crippen LogP contribution in [0.15, 0.2) is 48.5 Å². The molecule has 3 N–H and O–H groups in total. The molecule has 5 nitrogen and oxygen atoms in total. The number of unbranched alkanes of at least 4 members (excludes halogenated alkanes) is 1. The Kier molecular flexibility index (Phi) is 7.42. The Labute approximate surface area is 171 Å². The fraction of sp³-hybridized carbons (Fsp3) is 0.417. The van der Waals surface area contributed by atoms with E-state index < -0.39 is 11.9 Å². The zero-order valence-electron chi connectivity index (χ0n) is 16.7. The third-order valence-corrected chi connectivity index (χ3v) is 5.66. The molecule has 154 valence electrons. The minimum atomic E-state index is -0.797. The van der Waals surface area contributed by atoms with Crippen molar-refractivity contribution in [3.05, 3.63) is 59.7 Å². The van der Waals surface area contributed by atoms with Gasteiger partial charge in [-0.1, -0.05) is 55.0 Å². The highest BCUT2D eigenvalue weighted by Gasteiger charge is 2.29. The zero-order chi connectivity index (χ0) is 20.6. The summed E-state index contributed by atoms with van der Waals surface area (Å²) in [5.74, 6) is -1.43. The van der Waals surface area contributed by atoms with Gasteiger partial charge in [-0.05, 0) is 54.5 Å². The molecular formula is C24H29NO4. The van der Waals surface area contributed by atoms with Crippen LogP contribution in [0.4, 0.5) is 0 Å². The lowest BCUT2D eigenvalue weighted by molar-refractivity contribution is -0.145. The number of aliphatic carboxylic acids is 1. The van der Waals surface area contributed by atoms with Crippen molar-refractivity contribution in [2.45, 2.75) is 44.4 Å². The first-order chi connectivity index (χ1) is 14.1. The van der Waals surface area contributed by atoms with Crippen LogP contribution in [0.2, 0.25) is 0 Å². The van der Waals surface area contributed by atoms with E-state index in [1.807, 2.05) is 24.3 Å². The Hall–Kier alpha value is -2.66. The predicted octanol–water partition coefficient (Wildman–Crippen LogP) is 4.34. The fourth-order valence-electron chi connectivity index (χ4n) is 4.11. The van der Waals surface area contributed by atoms with Crippen molar-refractivity contribution in [3.8, 4) is 11.1 Å². The maximum atomic E-state index is 12.2. The highest BCUT2D eigenvalue weighted by Crippen LogP contribution is 2.44. The number of nitrogens with two attached hydrogens (primary N) is 1. The van der Waals surface area contributed by atoms with Gasteiger partial charge in [0, 0.05) is 12.3 Å². The van der Waals surface area contributed by atoms with E-state index in [1.54, 1.807) is 0 Å². The topological polar surface area (TPSA) is 89.6 Å². The van der Waals surface area contributed by atoms with E-state index in [9.17, 15) is 14.7 Å². The molecular weight excluding hydrogens is 366 g/mol. The minimum absolute atomic E-state index is 0.0504. The zero-order valence-corrected chi connectivity index (χ0v) is 16.7. The molecule has 3 rings (SSSR count). The van der Waals surface area contributed by atoms with E-state index in [4.69, 9.17) is 10.5 Å². The molecule has 0 saturated carbocycles. The Bertz CT molecular complexity index is 803. The van der Waals surface area contributed by atoms with Crippen molar-refractivity contribution < 1.29 is 19.4 Å². The summed E-state index contributed by atoms with van der Waals surface area (Å²) in [4.78, 5) is 23.6. The third kappa shape index (κ3) is 5.24. The number of benzene rings is 2. The van der Waals surface area contributed by atoms with Crippen LogP contribution in [0.1, 0.15) is 55.6 Å². The SMILES string of the molecule is NCCCCC(CCCC(=O)OCC1c2ccccc2-c2ccccc21)C(=O)O. The minimum Gasteiger partial charge on any atom is -0.481 e. The molecule has 0 amide bonds. The first-order valence-electron chi connectivity index (χ1n) is 10.4. The van der Waals surface area contributed by atoms with Crippen LogP contribution in [0.5, 0.6) is 0 Å². The molecule has 0 heterocycles. The van der Waals surface area contributed by atoms with E-state index in [-0.39, 0.29) is 18.3 Å². The molecule has 0 radical (unpaired) electrons. The van der Waals surface area contributed by atoms with Crippen molar-refractivity contribution in [1.82, 2.24) is 0 Å². The van der Waals surface area contributed by atoms with Crippen LogP contribution < -0.4 is 5.73 Å². The summed E-state index contributed by atoms with van der Waals surface area (Å²) < 4.78 is 5.58. The maximum absolute atomic E-state index is 12.2. The quantitative estimate of drug-likeness (QED) is 0.436. The molecule has 1 aliphatic rings. The first-order valence-corrected chi connectivity index (χ1v) is 10.4. The summed E-state index contributed by atoms with van der Waals surface area (Å²) >= 11 is 0. The Morgan fingerprint density at radius 1 is 0.931 bits per heavy atom. The fourth-order valence-corrected chi connectivity index (χ4v) is 4.11. The third-order valence-electron chi connectivity index (χ3n) is 5.66. The molecule has 5 heteroatoms. The first kappa shape index (κ1) is 21.1. The van der Waals surface area contributed by atoms with Gasteiger partial charge >= 0.3 is 11.9 Å². The molecule has 29 heavy (non-hydrogen) atoms. The van der Waals surface area contributed by atoms with Crippen LogP contribution in [-0.4, -0.2) is 30.2 Å². The lowest BCUT2D eigenvalue weighted by Gasteiger charge is -2.15. The normalized spacial score (nSPS) is 13.6. The summed E-state index contributed by atoms with van der Waals surface area (Å²) in [6.45, 7) is 0.887. The maximum Gasteiger partial charge on any atom is 0.306 e. The second kappa shape index (κ2) is 10.2. The summed E-state index contributed by atoms with van der Waals surface area (Å²) in [5.41, 5.74) is 10.2. The average molecular weight is 395 g/mol. The van der Waals surface area contributed by atoms with Gasteiger partial charge in [-0.3, -0.25) is 9.59 Å².